The van der Waals surface area contributed by atoms with Crippen LogP contribution >= 0.6 is 43.2 Å². The molecule has 2 nitrogen and oxygen atoms in total. The van der Waals surface area contributed by atoms with Crippen LogP contribution in [0.4, 0.5) is 5.69 Å². The predicted octanol–water partition coefficient (Wildman–Crippen LogP) is 5.16. The van der Waals surface area contributed by atoms with Crippen molar-refractivity contribution in [1.82, 2.24) is 5.32 Å². The average Bonchev–Trinajstić information content (AvgIpc) is 3.20. The maximum absolute atomic E-state index is 3.61. The Morgan fingerprint density at radius 3 is 2.76 bits per heavy atom. The normalized spacial score (nSPS) is 14.4. The molecule has 1 aliphatic carbocycles. The van der Waals surface area contributed by atoms with Gasteiger partial charge in [-0.05, 0) is 63.5 Å². The summed E-state index contributed by atoms with van der Waals surface area (Å²) in [7, 11) is 2.16. The summed E-state index contributed by atoms with van der Waals surface area (Å²) in [6, 6.07) is 9.49. The molecule has 0 bridgehead atoms. The monoisotopic (exact) mass is 428 g/mol. The molecule has 1 N–H and O–H groups in total. The van der Waals surface area contributed by atoms with E-state index < -0.39 is 0 Å². The van der Waals surface area contributed by atoms with Gasteiger partial charge in [0.1, 0.15) is 0 Å². The fourth-order valence-electron chi connectivity index (χ4n) is 2.37. The van der Waals surface area contributed by atoms with E-state index in [4.69, 9.17) is 0 Å². The van der Waals surface area contributed by atoms with E-state index in [1.54, 1.807) is 11.3 Å². The molecule has 0 saturated heterocycles. The molecule has 1 saturated carbocycles. The second kappa shape index (κ2) is 6.82. The van der Waals surface area contributed by atoms with Crippen molar-refractivity contribution in [3.8, 4) is 0 Å². The molecular weight excluding hydrogens is 412 g/mol. The molecule has 112 valence electrons. The van der Waals surface area contributed by atoms with Gasteiger partial charge in [0, 0.05) is 36.3 Å². The Bertz CT molecular complexity index is 622. The SMILES string of the molecule is CN(Cc1csc(Br)c1)c1cc(Br)ccc1CNC1CC1. The fraction of sp³-hybridized carbons (Fsp3) is 0.375. The van der Waals surface area contributed by atoms with Crippen molar-refractivity contribution in [2.24, 2.45) is 0 Å². The molecule has 5 heteroatoms. The number of hydrogen-bond donors (Lipinski definition) is 1. The van der Waals surface area contributed by atoms with Gasteiger partial charge in [0.25, 0.3) is 0 Å². The molecule has 0 radical (unpaired) electrons. The van der Waals surface area contributed by atoms with Gasteiger partial charge in [-0.1, -0.05) is 22.0 Å². The topological polar surface area (TPSA) is 15.3 Å². The summed E-state index contributed by atoms with van der Waals surface area (Å²) < 4.78 is 2.32. The Morgan fingerprint density at radius 2 is 2.10 bits per heavy atom. The Hall–Kier alpha value is -0.360. The summed E-state index contributed by atoms with van der Waals surface area (Å²) in [4.78, 5) is 2.32. The molecule has 0 atom stereocenters. The molecule has 1 heterocycles. The van der Waals surface area contributed by atoms with Crippen molar-refractivity contribution in [3.63, 3.8) is 0 Å². The number of benzene rings is 1. The lowest BCUT2D eigenvalue weighted by molar-refractivity contribution is 0.685. The number of nitrogens with zero attached hydrogens (tertiary/aromatic N) is 1. The molecule has 0 spiro atoms. The zero-order valence-corrected chi connectivity index (χ0v) is 15.9. The second-order valence-electron chi connectivity index (χ2n) is 5.54. The first-order chi connectivity index (χ1) is 10.1. The number of hydrogen-bond acceptors (Lipinski definition) is 3. The summed E-state index contributed by atoms with van der Waals surface area (Å²) >= 11 is 8.87. The van der Waals surface area contributed by atoms with Gasteiger partial charge in [0.2, 0.25) is 0 Å². The molecule has 1 aromatic heterocycles. The van der Waals surface area contributed by atoms with Crippen LogP contribution in [0.1, 0.15) is 24.0 Å². The molecule has 1 aliphatic rings. The van der Waals surface area contributed by atoms with Gasteiger partial charge in [-0.25, -0.2) is 0 Å². The molecule has 0 aliphatic heterocycles. The zero-order chi connectivity index (χ0) is 14.8. The van der Waals surface area contributed by atoms with E-state index in [2.05, 4.69) is 78.8 Å². The van der Waals surface area contributed by atoms with Crippen LogP contribution in [0.25, 0.3) is 0 Å². The molecule has 0 amide bonds. The van der Waals surface area contributed by atoms with E-state index in [1.807, 2.05) is 0 Å². The molecular formula is C16H18Br2N2S. The van der Waals surface area contributed by atoms with Gasteiger partial charge in [0.05, 0.1) is 3.79 Å². The summed E-state index contributed by atoms with van der Waals surface area (Å²) in [5.74, 6) is 0. The number of nitrogens with one attached hydrogen (secondary N) is 1. The van der Waals surface area contributed by atoms with E-state index in [9.17, 15) is 0 Å². The van der Waals surface area contributed by atoms with Crippen LogP contribution in [0.2, 0.25) is 0 Å². The molecule has 3 rings (SSSR count). The summed E-state index contributed by atoms with van der Waals surface area (Å²) in [5, 5.41) is 5.82. The van der Waals surface area contributed by atoms with Crippen molar-refractivity contribution in [2.75, 3.05) is 11.9 Å². The highest BCUT2D eigenvalue weighted by Crippen LogP contribution is 2.28. The number of thiophene rings is 1. The van der Waals surface area contributed by atoms with Crippen LogP contribution in [0, 0.1) is 0 Å². The maximum Gasteiger partial charge on any atom is 0.0701 e. The van der Waals surface area contributed by atoms with Crippen LogP contribution in [0.5, 0.6) is 0 Å². The highest BCUT2D eigenvalue weighted by molar-refractivity contribution is 9.11. The van der Waals surface area contributed by atoms with E-state index in [1.165, 1.54) is 33.4 Å². The minimum atomic E-state index is 0.736. The summed E-state index contributed by atoms with van der Waals surface area (Å²) in [6.45, 7) is 1.87. The quantitative estimate of drug-likeness (QED) is 0.681. The Labute approximate surface area is 146 Å². The van der Waals surface area contributed by atoms with Gasteiger partial charge in [-0.2, -0.15) is 0 Å². The van der Waals surface area contributed by atoms with Crippen LogP contribution < -0.4 is 10.2 Å². The largest absolute Gasteiger partial charge is 0.370 e. The maximum atomic E-state index is 3.61. The Balaban J connectivity index is 1.75. The van der Waals surface area contributed by atoms with E-state index in [-0.39, 0.29) is 0 Å². The van der Waals surface area contributed by atoms with Crippen molar-refractivity contribution in [2.45, 2.75) is 32.0 Å². The predicted molar refractivity (Wildman–Crippen MR) is 98.1 cm³/mol. The first-order valence-corrected chi connectivity index (χ1v) is 9.54. The van der Waals surface area contributed by atoms with Crippen LogP contribution in [-0.4, -0.2) is 13.1 Å². The molecule has 0 unspecified atom stereocenters. The highest BCUT2D eigenvalue weighted by atomic mass is 79.9. The van der Waals surface area contributed by atoms with E-state index >= 15 is 0 Å². The second-order valence-corrected chi connectivity index (χ2v) is 8.75. The molecule has 1 aromatic carbocycles. The third-order valence-corrected chi connectivity index (χ3v) is 5.71. The average molecular weight is 430 g/mol. The number of rotatable bonds is 6. The first-order valence-electron chi connectivity index (χ1n) is 7.07. The summed E-state index contributed by atoms with van der Waals surface area (Å²) in [6.07, 6.45) is 2.65. The smallest absolute Gasteiger partial charge is 0.0701 e. The van der Waals surface area contributed by atoms with Crippen LogP contribution in [-0.2, 0) is 13.1 Å². The minimum Gasteiger partial charge on any atom is -0.370 e. The molecule has 2 aromatic rings. The lowest BCUT2D eigenvalue weighted by Gasteiger charge is -2.23. The van der Waals surface area contributed by atoms with Crippen LogP contribution in [0.3, 0.4) is 0 Å². The van der Waals surface area contributed by atoms with Gasteiger partial charge >= 0.3 is 0 Å². The Morgan fingerprint density at radius 1 is 1.29 bits per heavy atom. The van der Waals surface area contributed by atoms with Gasteiger partial charge in [-0.3, -0.25) is 0 Å². The number of halogens is 2. The number of anilines is 1. The lowest BCUT2D eigenvalue weighted by atomic mass is 10.1. The van der Waals surface area contributed by atoms with E-state index in [0.29, 0.717) is 0 Å². The summed E-state index contributed by atoms with van der Waals surface area (Å²) in [5.41, 5.74) is 4.00. The van der Waals surface area contributed by atoms with Gasteiger partial charge in [-0.15, -0.1) is 11.3 Å². The third-order valence-electron chi connectivity index (χ3n) is 3.66. The molecule has 21 heavy (non-hydrogen) atoms. The zero-order valence-electron chi connectivity index (χ0n) is 11.9. The molecule has 1 fully saturated rings. The van der Waals surface area contributed by atoms with Crippen molar-refractivity contribution in [3.05, 3.63) is 49.0 Å². The highest BCUT2D eigenvalue weighted by Gasteiger charge is 2.21. The first kappa shape index (κ1) is 15.5. The van der Waals surface area contributed by atoms with Crippen molar-refractivity contribution >= 4 is 48.9 Å². The Kier molecular flexibility index (Phi) is 5.04. The lowest BCUT2D eigenvalue weighted by Crippen LogP contribution is -2.21. The standard InChI is InChI=1S/C16H18Br2N2S/c1-20(9-11-6-16(18)21-10-11)15-7-13(17)3-2-12(15)8-19-14-4-5-14/h2-3,6-7,10,14,19H,4-5,8-9H2,1H3. The third kappa shape index (κ3) is 4.31. The van der Waals surface area contributed by atoms with Gasteiger partial charge in [0.15, 0.2) is 0 Å². The minimum absolute atomic E-state index is 0.736. The van der Waals surface area contributed by atoms with Crippen molar-refractivity contribution < 1.29 is 0 Å². The fourth-order valence-corrected chi connectivity index (χ4v) is 3.92. The van der Waals surface area contributed by atoms with E-state index in [0.717, 1.165) is 23.6 Å². The van der Waals surface area contributed by atoms with Crippen molar-refractivity contribution in [1.29, 1.82) is 0 Å². The van der Waals surface area contributed by atoms with Crippen LogP contribution in [0.15, 0.2) is 37.9 Å². The van der Waals surface area contributed by atoms with Gasteiger partial charge < -0.3 is 10.2 Å².